The summed E-state index contributed by atoms with van der Waals surface area (Å²) in [4.78, 5) is 16.6. The van der Waals surface area contributed by atoms with Crippen LogP contribution in [0.4, 0.5) is 0 Å². The van der Waals surface area contributed by atoms with Crippen LogP contribution in [0.5, 0.6) is 0 Å². The number of pyridine rings is 1. The van der Waals surface area contributed by atoms with Gasteiger partial charge in [0.2, 0.25) is 0 Å². The Balaban J connectivity index is 1.62. The van der Waals surface area contributed by atoms with E-state index >= 15 is 0 Å². The van der Waals surface area contributed by atoms with Crippen molar-refractivity contribution in [3.05, 3.63) is 28.5 Å². The molecular weight excluding hydrogens is 284 g/mol. The van der Waals surface area contributed by atoms with Crippen molar-refractivity contribution >= 4 is 17.5 Å². The van der Waals surface area contributed by atoms with Gasteiger partial charge in [-0.15, -0.1) is 0 Å². The summed E-state index contributed by atoms with van der Waals surface area (Å²) in [5.41, 5.74) is 1.49. The molecule has 2 aliphatic rings. The van der Waals surface area contributed by atoms with Crippen molar-refractivity contribution < 1.29 is 4.79 Å². The standard InChI is InChI=1S/C17H23ClN2O/c1-10(2)15-7-13(8-16(18)20-15)17(21)19-9-14-6-11-3-4-12(14)5-11/h7-8,10-12,14H,3-6,9H2,1-2H3,(H,19,21). The minimum absolute atomic E-state index is 0.0241. The van der Waals surface area contributed by atoms with Crippen LogP contribution in [0.1, 0.15) is 61.5 Å². The van der Waals surface area contributed by atoms with Crippen molar-refractivity contribution in [2.24, 2.45) is 17.8 Å². The Labute approximate surface area is 131 Å². The molecule has 1 aromatic heterocycles. The first-order chi connectivity index (χ1) is 10.0. The zero-order valence-electron chi connectivity index (χ0n) is 12.7. The van der Waals surface area contributed by atoms with Crippen LogP contribution in [0.25, 0.3) is 0 Å². The van der Waals surface area contributed by atoms with Gasteiger partial charge in [-0.3, -0.25) is 4.79 Å². The van der Waals surface area contributed by atoms with Crippen LogP contribution in [0.15, 0.2) is 12.1 Å². The van der Waals surface area contributed by atoms with Gasteiger partial charge in [0.05, 0.1) is 0 Å². The maximum absolute atomic E-state index is 12.3. The Bertz CT molecular complexity index is 544. The van der Waals surface area contributed by atoms with Crippen LogP contribution in [0.2, 0.25) is 5.15 Å². The van der Waals surface area contributed by atoms with E-state index in [1.54, 1.807) is 6.07 Å². The minimum Gasteiger partial charge on any atom is -0.352 e. The Morgan fingerprint density at radius 3 is 2.81 bits per heavy atom. The number of rotatable bonds is 4. The third-order valence-electron chi connectivity index (χ3n) is 5.08. The smallest absolute Gasteiger partial charge is 0.251 e. The predicted molar refractivity (Wildman–Crippen MR) is 84.6 cm³/mol. The molecule has 0 spiro atoms. The Morgan fingerprint density at radius 2 is 2.19 bits per heavy atom. The monoisotopic (exact) mass is 306 g/mol. The molecule has 2 bridgehead atoms. The van der Waals surface area contributed by atoms with Gasteiger partial charge in [0.25, 0.3) is 5.91 Å². The van der Waals surface area contributed by atoms with E-state index in [0.29, 0.717) is 16.6 Å². The summed E-state index contributed by atoms with van der Waals surface area (Å²) in [5, 5.41) is 3.49. The molecular formula is C17H23ClN2O. The molecule has 114 valence electrons. The van der Waals surface area contributed by atoms with Gasteiger partial charge in [0.1, 0.15) is 5.15 Å². The van der Waals surface area contributed by atoms with E-state index < -0.39 is 0 Å². The van der Waals surface area contributed by atoms with Crippen LogP contribution in [0, 0.1) is 17.8 Å². The largest absolute Gasteiger partial charge is 0.352 e. The molecule has 2 aliphatic carbocycles. The molecule has 4 heteroatoms. The lowest BCUT2D eigenvalue weighted by Gasteiger charge is -2.21. The second-order valence-corrected chi connectivity index (χ2v) is 7.29. The number of nitrogens with zero attached hydrogens (tertiary/aromatic N) is 1. The zero-order chi connectivity index (χ0) is 15.0. The third-order valence-corrected chi connectivity index (χ3v) is 5.27. The number of amides is 1. The van der Waals surface area contributed by atoms with Gasteiger partial charge in [-0.1, -0.05) is 31.9 Å². The van der Waals surface area contributed by atoms with E-state index in [4.69, 9.17) is 11.6 Å². The number of carbonyl (C=O) groups is 1. The molecule has 0 aromatic carbocycles. The van der Waals surface area contributed by atoms with Crippen LogP contribution >= 0.6 is 11.6 Å². The summed E-state index contributed by atoms with van der Waals surface area (Å²) < 4.78 is 0. The molecule has 3 unspecified atom stereocenters. The zero-order valence-corrected chi connectivity index (χ0v) is 13.5. The van der Waals surface area contributed by atoms with Crippen LogP contribution in [-0.4, -0.2) is 17.4 Å². The summed E-state index contributed by atoms with van der Waals surface area (Å²) in [6, 6.07) is 3.51. The molecule has 1 N–H and O–H groups in total. The summed E-state index contributed by atoms with van der Waals surface area (Å²) in [7, 11) is 0. The van der Waals surface area contributed by atoms with Crippen molar-refractivity contribution in [1.82, 2.24) is 10.3 Å². The molecule has 2 saturated carbocycles. The van der Waals surface area contributed by atoms with Gasteiger partial charge >= 0.3 is 0 Å². The lowest BCUT2D eigenvalue weighted by atomic mass is 9.89. The number of hydrogen-bond donors (Lipinski definition) is 1. The number of carbonyl (C=O) groups excluding carboxylic acids is 1. The van der Waals surface area contributed by atoms with E-state index in [9.17, 15) is 4.79 Å². The van der Waals surface area contributed by atoms with Crippen molar-refractivity contribution in [3.8, 4) is 0 Å². The maximum atomic E-state index is 12.3. The summed E-state index contributed by atoms with van der Waals surface area (Å²) in [6.07, 6.45) is 5.41. The van der Waals surface area contributed by atoms with Crippen LogP contribution in [0.3, 0.4) is 0 Å². The number of nitrogens with one attached hydrogen (secondary N) is 1. The Morgan fingerprint density at radius 1 is 1.38 bits per heavy atom. The molecule has 1 heterocycles. The number of aromatic nitrogens is 1. The number of hydrogen-bond acceptors (Lipinski definition) is 2. The lowest BCUT2D eigenvalue weighted by Crippen LogP contribution is -2.31. The molecule has 1 aromatic rings. The number of halogens is 1. The van der Waals surface area contributed by atoms with E-state index in [1.807, 2.05) is 6.07 Å². The van der Waals surface area contributed by atoms with E-state index in [1.165, 1.54) is 25.7 Å². The van der Waals surface area contributed by atoms with E-state index in [2.05, 4.69) is 24.1 Å². The van der Waals surface area contributed by atoms with Crippen molar-refractivity contribution in [1.29, 1.82) is 0 Å². The fraction of sp³-hybridized carbons (Fsp3) is 0.647. The highest BCUT2D eigenvalue weighted by Gasteiger charge is 2.39. The fourth-order valence-electron chi connectivity index (χ4n) is 3.90. The van der Waals surface area contributed by atoms with Crippen LogP contribution < -0.4 is 5.32 Å². The van der Waals surface area contributed by atoms with Crippen molar-refractivity contribution in [2.75, 3.05) is 6.54 Å². The van der Waals surface area contributed by atoms with E-state index in [0.717, 1.165) is 24.1 Å². The molecule has 1 amide bonds. The summed E-state index contributed by atoms with van der Waals surface area (Å²) in [5.74, 6) is 2.67. The fourth-order valence-corrected chi connectivity index (χ4v) is 4.11. The average Bonchev–Trinajstić information content (AvgIpc) is 3.06. The molecule has 2 fully saturated rings. The minimum atomic E-state index is -0.0241. The maximum Gasteiger partial charge on any atom is 0.251 e. The predicted octanol–water partition coefficient (Wildman–Crippen LogP) is 4.02. The summed E-state index contributed by atoms with van der Waals surface area (Å²) in [6.45, 7) is 4.90. The molecule has 0 saturated heterocycles. The van der Waals surface area contributed by atoms with Crippen molar-refractivity contribution in [2.45, 2.75) is 45.4 Å². The Kier molecular flexibility index (Phi) is 4.21. The second-order valence-electron chi connectivity index (χ2n) is 6.90. The van der Waals surface area contributed by atoms with Gasteiger partial charge < -0.3 is 5.32 Å². The third kappa shape index (κ3) is 3.23. The molecule has 0 aliphatic heterocycles. The SMILES string of the molecule is CC(C)c1cc(C(=O)NCC2CC3CCC2C3)cc(Cl)n1. The highest BCUT2D eigenvalue weighted by Crippen LogP contribution is 2.47. The summed E-state index contributed by atoms with van der Waals surface area (Å²) >= 11 is 6.03. The highest BCUT2D eigenvalue weighted by molar-refractivity contribution is 6.29. The Hall–Kier alpha value is -1.09. The molecule has 21 heavy (non-hydrogen) atoms. The molecule has 3 rings (SSSR count). The molecule has 0 radical (unpaired) electrons. The first-order valence-corrected chi connectivity index (χ1v) is 8.36. The van der Waals surface area contributed by atoms with Crippen LogP contribution in [-0.2, 0) is 0 Å². The molecule has 3 atom stereocenters. The quantitative estimate of drug-likeness (QED) is 0.854. The van der Waals surface area contributed by atoms with Gasteiger partial charge in [-0.05, 0) is 55.1 Å². The average molecular weight is 307 g/mol. The van der Waals surface area contributed by atoms with Gasteiger partial charge in [0.15, 0.2) is 0 Å². The highest BCUT2D eigenvalue weighted by atomic mass is 35.5. The van der Waals surface area contributed by atoms with Crippen molar-refractivity contribution in [3.63, 3.8) is 0 Å². The van der Waals surface area contributed by atoms with E-state index in [-0.39, 0.29) is 11.8 Å². The van der Waals surface area contributed by atoms with Gasteiger partial charge in [-0.2, -0.15) is 0 Å². The van der Waals surface area contributed by atoms with Gasteiger partial charge in [-0.25, -0.2) is 4.98 Å². The topological polar surface area (TPSA) is 42.0 Å². The normalized spacial score (nSPS) is 27.3. The van der Waals surface area contributed by atoms with Gasteiger partial charge in [0, 0.05) is 17.8 Å². The number of fused-ring (bicyclic) bond motifs is 2. The molecule has 3 nitrogen and oxygen atoms in total. The second kappa shape index (κ2) is 5.96. The first kappa shape index (κ1) is 14.8. The lowest BCUT2D eigenvalue weighted by molar-refractivity contribution is 0.0941. The first-order valence-electron chi connectivity index (χ1n) is 7.98.